The molecule has 0 bridgehead atoms. The fourth-order valence-corrected chi connectivity index (χ4v) is 3.22. The average Bonchev–Trinajstić information content (AvgIpc) is 2.40. The minimum absolute atomic E-state index is 0.127. The Morgan fingerprint density at radius 1 is 1.20 bits per heavy atom. The Balaban J connectivity index is 2.18. The summed E-state index contributed by atoms with van der Waals surface area (Å²) in [6.07, 6.45) is 10.6. The Labute approximate surface area is 125 Å². The van der Waals surface area contributed by atoms with E-state index in [1.165, 1.54) is 38.5 Å². The van der Waals surface area contributed by atoms with Gasteiger partial charge < -0.3 is 11.1 Å². The highest BCUT2D eigenvalue weighted by molar-refractivity contribution is 5.78. The molecule has 0 saturated heterocycles. The van der Waals surface area contributed by atoms with Crippen LogP contribution in [0.4, 0.5) is 0 Å². The summed E-state index contributed by atoms with van der Waals surface area (Å²) in [5, 5.41) is 3.25. The van der Waals surface area contributed by atoms with Crippen molar-refractivity contribution >= 4 is 5.91 Å². The van der Waals surface area contributed by atoms with E-state index in [-0.39, 0.29) is 17.9 Å². The summed E-state index contributed by atoms with van der Waals surface area (Å²) in [5.74, 6) is 1.27. The van der Waals surface area contributed by atoms with E-state index in [1.807, 2.05) is 13.8 Å². The molecule has 0 aromatic rings. The summed E-state index contributed by atoms with van der Waals surface area (Å²) in [6.45, 7) is 6.33. The lowest BCUT2D eigenvalue weighted by molar-refractivity contribution is -0.125. The van der Waals surface area contributed by atoms with Crippen LogP contribution in [0.3, 0.4) is 0 Å². The van der Waals surface area contributed by atoms with Gasteiger partial charge in [-0.05, 0) is 51.4 Å². The molecule has 3 heteroatoms. The summed E-state index contributed by atoms with van der Waals surface area (Å²) >= 11 is 0. The van der Waals surface area contributed by atoms with Crippen LogP contribution >= 0.6 is 0 Å². The molecule has 0 aromatic heterocycles. The summed E-state index contributed by atoms with van der Waals surface area (Å²) in [4.78, 5) is 12.2. The molecule has 1 aliphatic rings. The van der Waals surface area contributed by atoms with E-state index >= 15 is 0 Å². The van der Waals surface area contributed by atoms with Gasteiger partial charge in [0.25, 0.3) is 0 Å². The van der Waals surface area contributed by atoms with Crippen molar-refractivity contribution in [2.45, 2.75) is 90.6 Å². The first-order chi connectivity index (χ1) is 9.52. The smallest absolute Gasteiger partial charge is 0.223 e. The third-order valence-electron chi connectivity index (χ3n) is 4.63. The Bertz CT molecular complexity index is 270. The number of nitrogens with one attached hydrogen (secondary N) is 1. The van der Waals surface area contributed by atoms with E-state index in [0.29, 0.717) is 6.04 Å². The second-order valence-electron chi connectivity index (χ2n) is 6.82. The lowest BCUT2D eigenvalue weighted by Crippen LogP contribution is -2.40. The van der Waals surface area contributed by atoms with Crippen LogP contribution in [0.25, 0.3) is 0 Å². The molecular weight excluding hydrogens is 248 g/mol. The monoisotopic (exact) mass is 282 g/mol. The van der Waals surface area contributed by atoms with Crippen molar-refractivity contribution in [3.05, 3.63) is 0 Å². The van der Waals surface area contributed by atoms with Crippen molar-refractivity contribution in [2.24, 2.45) is 17.6 Å². The zero-order valence-corrected chi connectivity index (χ0v) is 13.7. The molecule has 118 valence electrons. The molecule has 1 aliphatic carbocycles. The molecule has 0 spiro atoms. The molecule has 0 radical (unpaired) electrons. The lowest BCUT2D eigenvalue weighted by atomic mass is 9.83. The van der Waals surface area contributed by atoms with Gasteiger partial charge >= 0.3 is 0 Å². The molecule has 2 unspecified atom stereocenters. The molecule has 0 aliphatic heterocycles. The van der Waals surface area contributed by atoms with Gasteiger partial charge in [0.2, 0.25) is 5.91 Å². The maximum atomic E-state index is 12.2. The molecule has 20 heavy (non-hydrogen) atoms. The molecule has 0 aromatic carbocycles. The van der Waals surface area contributed by atoms with Gasteiger partial charge in [0, 0.05) is 18.0 Å². The maximum Gasteiger partial charge on any atom is 0.223 e. The van der Waals surface area contributed by atoms with Crippen molar-refractivity contribution in [1.82, 2.24) is 5.32 Å². The standard InChI is InChI=1S/C17H34N2O/c1-4-6-15-9-11-16(12-10-15)19-17(20)13(2)7-5-8-14(3)18/h13-16H,4-12,18H2,1-3H3,(H,19,20). The van der Waals surface area contributed by atoms with E-state index in [9.17, 15) is 4.79 Å². The second-order valence-corrected chi connectivity index (χ2v) is 6.82. The number of carbonyl (C=O) groups is 1. The molecule has 1 fully saturated rings. The zero-order chi connectivity index (χ0) is 15.0. The SMILES string of the molecule is CCCC1CCC(NC(=O)C(C)CCCC(C)N)CC1. The zero-order valence-electron chi connectivity index (χ0n) is 13.7. The molecule has 3 nitrogen and oxygen atoms in total. The highest BCUT2D eigenvalue weighted by Gasteiger charge is 2.23. The van der Waals surface area contributed by atoms with Crippen LogP contribution in [-0.2, 0) is 4.79 Å². The van der Waals surface area contributed by atoms with Gasteiger partial charge in [-0.15, -0.1) is 0 Å². The average molecular weight is 282 g/mol. The van der Waals surface area contributed by atoms with Crippen molar-refractivity contribution in [3.8, 4) is 0 Å². The topological polar surface area (TPSA) is 55.1 Å². The third-order valence-corrected chi connectivity index (χ3v) is 4.63. The van der Waals surface area contributed by atoms with E-state index in [2.05, 4.69) is 12.2 Å². The summed E-state index contributed by atoms with van der Waals surface area (Å²) in [5.41, 5.74) is 5.74. The Hall–Kier alpha value is -0.570. The number of carbonyl (C=O) groups excluding carboxylic acids is 1. The number of hydrogen-bond acceptors (Lipinski definition) is 2. The van der Waals surface area contributed by atoms with Gasteiger partial charge in [0.15, 0.2) is 0 Å². The van der Waals surface area contributed by atoms with Crippen LogP contribution in [0, 0.1) is 11.8 Å². The molecule has 1 rings (SSSR count). The number of hydrogen-bond donors (Lipinski definition) is 2. The molecule has 3 N–H and O–H groups in total. The van der Waals surface area contributed by atoms with Gasteiger partial charge in [-0.25, -0.2) is 0 Å². The lowest BCUT2D eigenvalue weighted by Gasteiger charge is -2.29. The third kappa shape index (κ3) is 6.74. The molecule has 1 amide bonds. The predicted molar refractivity (Wildman–Crippen MR) is 85.5 cm³/mol. The fraction of sp³-hybridized carbons (Fsp3) is 0.941. The highest BCUT2D eigenvalue weighted by atomic mass is 16.1. The number of amides is 1. The number of nitrogens with two attached hydrogens (primary N) is 1. The first-order valence-electron chi connectivity index (χ1n) is 8.58. The summed E-state index contributed by atoms with van der Waals surface area (Å²) in [7, 11) is 0. The molecule has 0 heterocycles. The predicted octanol–water partition coefficient (Wildman–Crippen LogP) is 3.62. The van der Waals surface area contributed by atoms with E-state index in [4.69, 9.17) is 5.73 Å². The Morgan fingerprint density at radius 2 is 1.85 bits per heavy atom. The van der Waals surface area contributed by atoms with Crippen LogP contribution < -0.4 is 11.1 Å². The first kappa shape index (κ1) is 17.5. The molecule has 1 saturated carbocycles. The van der Waals surface area contributed by atoms with Crippen molar-refractivity contribution < 1.29 is 4.79 Å². The minimum atomic E-state index is 0.127. The van der Waals surface area contributed by atoms with Gasteiger partial charge in [0.05, 0.1) is 0 Å². The highest BCUT2D eigenvalue weighted by Crippen LogP contribution is 2.27. The van der Waals surface area contributed by atoms with Crippen LogP contribution in [-0.4, -0.2) is 18.0 Å². The normalized spacial score (nSPS) is 26.0. The summed E-state index contributed by atoms with van der Waals surface area (Å²) in [6, 6.07) is 0.672. The van der Waals surface area contributed by atoms with Gasteiger partial charge in [-0.2, -0.15) is 0 Å². The van der Waals surface area contributed by atoms with Crippen molar-refractivity contribution in [2.75, 3.05) is 0 Å². The van der Waals surface area contributed by atoms with Gasteiger partial charge in [-0.3, -0.25) is 4.79 Å². The Kier molecular flexibility index (Phi) is 8.20. The van der Waals surface area contributed by atoms with E-state index < -0.39 is 0 Å². The number of rotatable bonds is 8. The van der Waals surface area contributed by atoms with Gasteiger partial charge in [0.1, 0.15) is 0 Å². The Morgan fingerprint density at radius 3 is 2.40 bits per heavy atom. The summed E-state index contributed by atoms with van der Waals surface area (Å²) < 4.78 is 0. The molecule has 2 atom stereocenters. The molecular formula is C17H34N2O. The van der Waals surface area contributed by atoms with E-state index in [0.717, 1.165) is 25.2 Å². The van der Waals surface area contributed by atoms with Crippen molar-refractivity contribution in [3.63, 3.8) is 0 Å². The minimum Gasteiger partial charge on any atom is -0.353 e. The van der Waals surface area contributed by atoms with Crippen molar-refractivity contribution in [1.29, 1.82) is 0 Å². The van der Waals surface area contributed by atoms with Crippen LogP contribution in [0.15, 0.2) is 0 Å². The largest absolute Gasteiger partial charge is 0.353 e. The first-order valence-corrected chi connectivity index (χ1v) is 8.58. The van der Waals surface area contributed by atoms with Crippen LogP contribution in [0.5, 0.6) is 0 Å². The maximum absolute atomic E-state index is 12.2. The fourth-order valence-electron chi connectivity index (χ4n) is 3.22. The van der Waals surface area contributed by atoms with Crippen LogP contribution in [0.2, 0.25) is 0 Å². The second kappa shape index (κ2) is 9.38. The van der Waals surface area contributed by atoms with E-state index in [1.54, 1.807) is 0 Å². The van der Waals surface area contributed by atoms with Crippen LogP contribution in [0.1, 0.15) is 78.6 Å². The van der Waals surface area contributed by atoms with Gasteiger partial charge in [-0.1, -0.05) is 33.1 Å². The quantitative estimate of drug-likeness (QED) is 0.714.